The van der Waals surface area contributed by atoms with Crippen molar-refractivity contribution in [1.29, 1.82) is 0 Å². The van der Waals surface area contributed by atoms with Crippen LogP contribution in [0.3, 0.4) is 0 Å². The summed E-state index contributed by atoms with van der Waals surface area (Å²) in [4.78, 5) is 20.0. The molecule has 0 bridgehead atoms. The number of hydrogen-bond acceptors (Lipinski definition) is 4. The first-order valence-electron chi connectivity index (χ1n) is 4.37. The van der Waals surface area contributed by atoms with Crippen LogP contribution in [0.1, 0.15) is 27.7 Å². The fraction of sp³-hybridized carbons (Fsp3) is 0.667. The molecule has 0 atom stereocenters. The van der Waals surface area contributed by atoms with E-state index in [0.717, 1.165) is 6.42 Å². The van der Waals surface area contributed by atoms with Crippen molar-refractivity contribution in [2.75, 3.05) is 13.2 Å². The summed E-state index contributed by atoms with van der Waals surface area (Å²) >= 11 is -0.889. The predicted octanol–water partition coefficient (Wildman–Crippen LogP) is 1.74. The number of rotatable bonds is 2. The van der Waals surface area contributed by atoms with Gasteiger partial charge < -0.3 is 19.8 Å². The number of aliphatic hydroxyl groups excluding tert-OH is 2. The Bertz CT molecular complexity index is 129. The standard InChI is InChI=1S/C5H7O2.2C2H6O.2ClH.Ta/c1-4(6)3-5(2)7;2*1-2-3;;;/h3H,1-2H3;2*3H,2H2,1H3;2*1H;/q-1;;;;;+2/p-2. The Labute approximate surface area is 114 Å². The molecule has 0 aliphatic carbocycles. The number of ketones is 2. The van der Waals surface area contributed by atoms with Crippen LogP contribution in [-0.2, 0) is 27.2 Å². The topological polar surface area (TPSA) is 74.6 Å². The third-order valence-corrected chi connectivity index (χ3v) is 0.407. The number of Topliss-reactive ketones (excluding diaryl/α,β-unsaturated/α-hetero) is 2. The molecule has 0 spiro atoms. The molecule has 0 amide bonds. The molecule has 0 heterocycles. The average molecular weight is 443 g/mol. The molecule has 7 heteroatoms. The summed E-state index contributed by atoms with van der Waals surface area (Å²) in [7, 11) is 9.89. The van der Waals surface area contributed by atoms with E-state index in [1.165, 1.54) is 13.8 Å². The van der Waals surface area contributed by atoms with E-state index in [1.54, 1.807) is 13.8 Å². The zero-order valence-corrected chi connectivity index (χ0v) is 14.6. The number of carbonyl (C=O) groups excluding carboxylic acids is 2. The van der Waals surface area contributed by atoms with E-state index < -0.39 is 17.6 Å². The van der Waals surface area contributed by atoms with Crippen molar-refractivity contribution in [2.45, 2.75) is 27.7 Å². The Balaban J connectivity index is -0.0000000677. The van der Waals surface area contributed by atoms with Gasteiger partial charge in [0.05, 0.1) is 0 Å². The van der Waals surface area contributed by atoms with E-state index in [0.29, 0.717) is 0 Å². The van der Waals surface area contributed by atoms with Crippen molar-refractivity contribution in [1.82, 2.24) is 0 Å². The molecule has 0 aromatic carbocycles. The van der Waals surface area contributed by atoms with Gasteiger partial charge >= 0.3 is 36.0 Å². The third-order valence-electron chi connectivity index (χ3n) is 0.407. The first kappa shape index (κ1) is 25.3. The van der Waals surface area contributed by atoms with E-state index >= 15 is 0 Å². The van der Waals surface area contributed by atoms with Crippen molar-refractivity contribution in [3.05, 3.63) is 6.42 Å². The number of halogens is 2. The van der Waals surface area contributed by atoms with Gasteiger partial charge in [0.1, 0.15) is 0 Å². The van der Waals surface area contributed by atoms with Gasteiger partial charge in [-0.1, -0.05) is 0 Å². The van der Waals surface area contributed by atoms with Crippen LogP contribution < -0.4 is 0 Å². The van der Waals surface area contributed by atoms with Gasteiger partial charge in [0.25, 0.3) is 0 Å². The molecule has 0 unspecified atom stereocenters. The fourth-order valence-electron chi connectivity index (χ4n) is 0.286. The first-order chi connectivity index (χ1) is 7.37. The molecule has 0 aromatic heterocycles. The molecule has 0 rings (SSSR count). The van der Waals surface area contributed by atoms with Gasteiger partial charge in [-0.15, -0.1) is 0 Å². The van der Waals surface area contributed by atoms with Gasteiger partial charge in [0.15, 0.2) is 0 Å². The summed E-state index contributed by atoms with van der Waals surface area (Å²) in [5, 5.41) is 15.1. The molecule has 99 valence electrons. The molecular weight excluding hydrogens is 424 g/mol. The Kier molecular flexibility index (Phi) is 46.8. The summed E-state index contributed by atoms with van der Waals surface area (Å²) in [6.45, 7) is 6.56. The molecule has 0 aromatic rings. The summed E-state index contributed by atoms with van der Waals surface area (Å²) in [5.74, 6) is -0.375. The Morgan fingerprint density at radius 1 is 1.06 bits per heavy atom. The molecule has 0 saturated heterocycles. The zero-order chi connectivity index (χ0) is 14.0. The molecule has 0 radical (unpaired) electrons. The molecular formula is C9H19Cl2O4Ta-. The summed E-state index contributed by atoms with van der Waals surface area (Å²) < 4.78 is 0. The number of hydrogen-bond donors (Lipinski definition) is 2. The number of aliphatic hydroxyl groups is 2. The van der Waals surface area contributed by atoms with Crippen LogP contribution in [0.5, 0.6) is 0 Å². The minimum atomic E-state index is -0.889. The van der Waals surface area contributed by atoms with E-state index in [-0.39, 0.29) is 24.8 Å². The van der Waals surface area contributed by atoms with Crippen molar-refractivity contribution in [3.63, 3.8) is 0 Å². The van der Waals surface area contributed by atoms with E-state index in [1.807, 2.05) is 0 Å². The summed E-state index contributed by atoms with van der Waals surface area (Å²) in [6.07, 6.45) is 1.06. The number of carbonyl (C=O) groups is 2. The molecule has 0 aliphatic rings. The van der Waals surface area contributed by atoms with Crippen molar-refractivity contribution in [2.24, 2.45) is 0 Å². The second-order valence-electron chi connectivity index (χ2n) is 2.06. The predicted molar refractivity (Wildman–Crippen MR) is 62.9 cm³/mol. The Morgan fingerprint density at radius 3 is 1.19 bits per heavy atom. The molecule has 2 N–H and O–H groups in total. The second-order valence-corrected chi connectivity index (χ2v) is 6.70. The van der Waals surface area contributed by atoms with E-state index in [4.69, 9.17) is 28.6 Å². The fourth-order valence-corrected chi connectivity index (χ4v) is 0.286. The van der Waals surface area contributed by atoms with Crippen LogP contribution in [0.25, 0.3) is 0 Å². The van der Waals surface area contributed by atoms with Crippen LogP contribution in [-0.4, -0.2) is 35.0 Å². The monoisotopic (exact) mass is 442 g/mol. The first-order valence-corrected chi connectivity index (χ1v) is 12.3. The van der Waals surface area contributed by atoms with E-state index in [2.05, 4.69) is 0 Å². The Hall–Kier alpha value is 0.450. The maximum atomic E-state index is 9.98. The van der Waals surface area contributed by atoms with Crippen LogP contribution in [0.2, 0.25) is 0 Å². The average Bonchev–Trinajstić information content (AvgIpc) is 2.04. The van der Waals surface area contributed by atoms with Gasteiger partial charge in [-0.25, -0.2) is 0 Å². The zero-order valence-electron chi connectivity index (χ0n) is 9.91. The van der Waals surface area contributed by atoms with Gasteiger partial charge in [-0.05, 0) is 27.7 Å². The van der Waals surface area contributed by atoms with Gasteiger partial charge in [0.2, 0.25) is 0 Å². The third kappa shape index (κ3) is 132. The van der Waals surface area contributed by atoms with Crippen molar-refractivity contribution < 1.29 is 37.4 Å². The molecule has 0 saturated carbocycles. The summed E-state index contributed by atoms with van der Waals surface area (Å²) in [5.41, 5.74) is 0. The normalized spacial score (nSPS) is 6.50. The molecule has 0 fully saturated rings. The van der Waals surface area contributed by atoms with Crippen molar-refractivity contribution in [3.8, 4) is 0 Å². The SMILES string of the molecule is CC(=O)[CH-]C(C)=O.CCO.CCO.[Cl][Ta][Cl]. The Morgan fingerprint density at radius 2 is 1.19 bits per heavy atom. The minimum absolute atomic E-state index is 0.187. The second kappa shape index (κ2) is 29.5. The van der Waals surface area contributed by atoms with Gasteiger partial charge in [-0.2, -0.15) is 0 Å². The quantitative estimate of drug-likeness (QED) is 0.504. The van der Waals surface area contributed by atoms with Crippen LogP contribution in [0, 0.1) is 6.42 Å². The van der Waals surface area contributed by atoms with Gasteiger partial charge in [-0.3, -0.25) is 6.42 Å². The molecule has 4 nitrogen and oxygen atoms in total. The van der Waals surface area contributed by atoms with E-state index in [9.17, 15) is 9.59 Å². The van der Waals surface area contributed by atoms with Crippen LogP contribution >= 0.6 is 18.4 Å². The van der Waals surface area contributed by atoms with Crippen LogP contribution in [0.15, 0.2) is 0 Å². The summed E-state index contributed by atoms with van der Waals surface area (Å²) in [6, 6.07) is 0. The van der Waals surface area contributed by atoms with Gasteiger partial charge in [0, 0.05) is 24.8 Å². The van der Waals surface area contributed by atoms with Crippen molar-refractivity contribution >= 4 is 29.9 Å². The maximum absolute atomic E-state index is 9.98. The molecule has 0 aliphatic heterocycles. The molecule has 16 heavy (non-hydrogen) atoms. The van der Waals surface area contributed by atoms with Crippen LogP contribution in [0.4, 0.5) is 0 Å².